The quantitative estimate of drug-likeness (QED) is 0.701. The lowest BCUT2D eigenvalue weighted by Crippen LogP contribution is -2.47. The van der Waals surface area contributed by atoms with E-state index in [2.05, 4.69) is 27.1 Å². The number of likely N-dealkylation sites (tertiary alicyclic amines) is 1. The van der Waals surface area contributed by atoms with E-state index < -0.39 is 0 Å². The average Bonchev–Trinajstić information content (AvgIpc) is 2.76. The molecule has 2 N–H and O–H groups in total. The van der Waals surface area contributed by atoms with Crippen LogP contribution >= 0.6 is 0 Å². The number of carbonyl (C=O) groups is 1. The van der Waals surface area contributed by atoms with Crippen molar-refractivity contribution in [2.45, 2.75) is 25.8 Å². The zero-order valence-corrected chi connectivity index (χ0v) is 17.1. The zero-order valence-electron chi connectivity index (χ0n) is 17.1. The van der Waals surface area contributed by atoms with Gasteiger partial charge in [-0.1, -0.05) is 6.08 Å². The van der Waals surface area contributed by atoms with Crippen molar-refractivity contribution in [1.29, 1.82) is 0 Å². The molecule has 0 saturated carbocycles. The number of nitrogens with one attached hydrogen (secondary N) is 2. The van der Waals surface area contributed by atoms with Gasteiger partial charge in [-0.2, -0.15) is 0 Å². The summed E-state index contributed by atoms with van der Waals surface area (Å²) in [6, 6.07) is 6.05. The summed E-state index contributed by atoms with van der Waals surface area (Å²) in [7, 11) is 1.85. The number of aromatic amines is 1. The van der Waals surface area contributed by atoms with Crippen LogP contribution in [0, 0.1) is 0 Å². The first-order valence-corrected chi connectivity index (χ1v) is 10.1. The highest BCUT2D eigenvalue weighted by Gasteiger charge is 2.27. The highest BCUT2D eigenvalue weighted by atomic mass is 16.2. The van der Waals surface area contributed by atoms with Gasteiger partial charge < -0.3 is 20.1 Å². The SMILES string of the molecule is CCN(c1cc(-c2ccncc2)c[nH]c1=O)C1CCN(C(=O)C=CCNC)CC1. The van der Waals surface area contributed by atoms with Gasteiger partial charge in [0.1, 0.15) is 5.69 Å². The van der Waals surface area contributed by atoms with Crippen molar-refractivity contribution in [3.8, 4) is 11.1 Å². The minimum Gasteiger partial charge on any atom is -0.364 e. The number of H-pyrrole nitrogens is 1. The normalized spacial score (nSPS) is 15.0. The Balaban J connectivity index is 1.72. The predicted octanol–water partition coefficient (Wildman–Crippen LogP) is 2.03. The molecule has 0 spiro atoms. The average molecular weight is 396 g/mol. The van der Waals surface area contributed by atoms with Gasteiger partial charge >= 0.3 is 0 Å². The van der Waals surface area contributed by atoms with E-state index in [9.17, 15) is 9.59 Å². The molecular weight excluding hydrogens is 366 g/mol. The van der Waals surface area contributed by atoms with Crippen LogP contribution in [0.15, 0.2) is 53.7 Å². The Morgan fingerprint density at radius 1 is 1.31 bits per heavy atom. The Labute approximate surface area is 171 Å². The van der Waals surface area contributed by atoms with E-state index >= 15 is 0 Å². The number of piperidine rings is 1. The summed E-state index contributed by atoms with van der Waals surface area (Å²) in [5.41, 5.74) is 2.57. The maximum absolute atomic E-state index is 12.6. The van der Waals surface area contributed by atoms with Gasteiger partial charge in [0.15, 0.2) is 0 Å². The molecule has 0 aliphatic carbocycles. The Morgan fingerprint density at radius 3 is 2.69 bits per heavy atom. The fraction of sp³-hybridized carbons (Fsp3) is 0.409. The summed E-state index contributed by atoms with van der Waals surface area (Å²) < 4.78 is 0. The molecule has 1 amide bonds. The van der Waals surface area contributed by atoms with Gasteiger partial charge in [0.2, 0.25) is 5.91 Å². The van der Waals surface area contributed by atoms with E-state index in [1.54, 1.807) is 24.7 Å². The molecule has 3 heterocycles. The fourth-order valence-corrected chi connectivity index (χ4v) is 3.80. The number of likely N-dealkylation sites (N-methyl/N-ethyl adjacent to an activating group) is 1. The highest BCUT2D eigenvalue weighted by Crippen LogP contribution is 2.25. The van der Waals surface area contributed by atoms with Crippen LogP contribution in [-0.2, 0) is 4.79 Å². The fourth-order valence-electron chi connectivity index (χ4n) is 3.80. The van der Waals surface area contributed by atoms with Crippen molar-refractivity contribution in [2.75, 3.05) is 38.1 Å². The summed E-state index contributed by atoms with van der Waals surface area (Å²) >= 11 is 0. The molecule has 2 aromatic rings. The second-order valence-corrected chi connectivity index (χ2v) is 7.14. The van der Waals surface area contributed by atoms with Crippen LogP contribution in [0.2, 0.25) is 0 Å². The van der Waals surface area contributed by atoms with Crippen molar-refractivity contribution in [3.05, 3.63) is 59.3 Å². The Bertz CT molecular complexity index is 886. The van der Waals surface area contributed by atoms with Gasteiger partial charge in [-0.25, -0.2) is 0 Å². The largest absolute Gasteiger partial charge is 0.364 e. The van der Waals surface area contributed by atoms with Gasteiger partial charge in [0.05, 0.1) is 0 Å². The first-order valence-electron chi connectivity index (χ1n) is 10.1. The van der Waals surface area contributed by atoms with Crippen LogP contribution in [0.25, 0.3) is 11.1 Å². The number of nitrogens with zero attached hydrogens (tertiary/aromatic N) is 3. The van der Waals surface area contributed by atoms with E-state index in [1.807, 2.05) is 36.2 Å². The number of pyridine rings is 2. The summed E-state index contributed by atoms with van der Waals surface area (Å²) in [5.74, 6) is 0.0549. The summed E-state index contributed by atoms with van der Waals surface area (Å²) in [6.45, 7) is 4.89. The zero-order chi connectivity index (χ0) is 20.6. The Kier molecular flexibility index (Phi) is 7.19. The molecule has 7 heteroatoms. The van der Waals surface area contributed by atoms with Crippen LogP contribution < -0.4 is 15.8 Å². The van der Waals surface area contributed by atoms with Crippen LogP contribution in [0.3, 0.4) is 0 Å². The van der Waals surface area contributed by atoms with Gasteiger partial charge in [0.25, 0.3) is 5.56 Å². The summed E-state index contributed by atoms with van der Waals surface area (Å²) in [5, 5.41) is 3.00. The molecule has 3 rings (SSSR count). The van der Waals surface area contributed by atoms with Gasteiger partial charge in [-0.05, 0) is 50.6 Å². The van der Waals surface area contributed by atoms with Crippen LogP contribution in [0.1, 0.15) is 19.8 Å². The summed E-state index contributed by atoms with van der Waals surface area (Å²) in [4.78, 5) is 35.8. The number of anilines is 1. The van der Waals surface area contributed by atoms with Crippen LogP contribution in [-0.4, -0.2) is 60.0 Å². The van der Waals surface area contributed by atoms with Gasteiger partial charge in [-0.15, -0.1) is 0 Å². The first kappa shape index (κ1) is 20.8. The Morgan fingerprint density at radius 2 is 2.03 bits per heavy atom. The molecule has 1 fully saturated rings. The van der Waals surface area contributed by atoms with Crippen molar-refractivity contribution in [2.24, 2.45) is 0 Å². The highest BCUT2D eigenvalue weighted by molar-refractivity contribution is 5.87. The molecule has 154 valence electrons. The van der Waals surface area contributed by atoms with E-state index in [0.717, 1.165) is 30.5 Å². The maximum atomic E-state index is 12.6. The van der Waals surface area contributed by atoms with E-state index in [1.165, 1.54) is 0 Å². The summed E-state index contributed by atoms with van der Waals surface area (Å²) in [6.07, 6.45) is 10.4. The number of rotatable bonds is 7. The minimum atomic E-state index is -0.0850. The smallest absolute Gasteiger partial charge is 0.271 e. The lowest BCUT2D eigenvalue weighted by molar-refractivity contribution is -0.127. The number of aromatic nitrogens is 2. The number of hydrogen-bond donors (Lipinski definition) is 2. The topological polar surface area (TPSA) is 81.3 Å². The van der Waals surface area contributed by atoms with Crippen molar-refractivity contribution in [3.63, 3.8) is 0 Å². The standard InChI is InChI=1S/C22H29N5O2/c1-3-27(19-8-13-26(14-9-19)21(28)5-4-10-23-2)20-15-18(16-25-22(20)29)17-6-11-24-12-7-17/h4-7,11-12,15-16,19,23H,3,8-10,13-14H2,1-2H3,(H,25,29). The molecule has 29 heavy (non-hydrogen) atoms. The van der Waals surface area contributed by atoms with Crippen molar-refractivity contribution < 1.29 is 4.79 Å². The van der Waals surface area contributed by atoms with E-state index in [-0.39, 0.29) is 17.5 Å². The number of amides is 1. The molecule has 0 radical (unpaired) electrons. The second kappa shape index (κ2) is 10.0. The molecule has 7 nitrogen and oxygen atoms in total. The molecule has 1 aliphatic rings. The third-order valence-electron chi connectivity index (χ3n) is 5.35. The van der Waals surface area contributed by atoms with E-state index in [4.69, 9.17) is 0 Å². The molecule has 0 atom stereocenters. The van der Waals surface area contributed by atoms with Crippen LogP contribution in [0.4, 0.5) is 5.69 Å². The second-order valence-electron chi connectivity index (χ2n) is 7.14. The lowest BCUT2D eigenvalue weighted by Gasteiger charge is -2.38. The van der Waals surface area contributed by atoms with Gasteiger partial charge in [0, 0.05) is 62.5 Å². The third-order valence-corrected chi connectivity index (χ3v) is 5.35. The monoisotopic (exact) mass is 395 g/mol. The molecule has 0 aromatic carbocycles. The lowest BCUT2D eigenvalue weighted by atomic mass is 10.0. The molecule has 1 aliphatic heterocycles. The molecule has 1 saturated heterocycles. The minimum absolute atomic E-state index is 0.0549. The number of hydrogen-bond acceptors (Lipinski definition) is 5. The maximum Gasteiger partial charge on any atom is 0.271 e. The third kappa shape index (κ3) is 5.12. The van der Waals surface area contributed by atoms with Gasteiger partial charge in [-0.3, -0.25) is 14.6 Å². The van der Waals surface area contributed by atoms with Crippen molar-refractivity contribution in [1.82, 2.24) is 20.2 Å². The Hall–Kier alpha value is -2.93. The van der Waals surface area contributed by atoms with Crippen LogP contribution in [0.5, 0.6) is 0 Å². The predicted molar refractivity (Wildman–Crippen MR) is 116 cm³/mol. The molecule has 2 aromatic heterocycles. The number of carbonyl (C=O) groups excluding carboxylic acids is 1. The molecular formula is C22H29N5O2. The first-order chi connectivity index (χ1) is 14.1. The van der Waals surface area contributed by atoms with Crippen molar-refractivity contribution >= 4 is 11.6 Å². The van der Waals surface area contributed by atoms with E-state index in [0.29, 0.717) is 25.3 Å². The molecule has 0 unspecified atom stereocenters. The molecule has 0 bridgehead atoms.